The first-order valence-corrected chi connectivity index (χ1v) is 5.73. The number of hydrogen-bond acceptors (Lipinski definition) is 2. The second-order valence-corrected chi connectivity index (χ2v) is 4.44. The molecule has 1 amide bonds. The Hall–Kier alpha value is -0.770. The monoisotopic (exact) mass is 259 g/mol. The lowest BCUT2D eigenvalue weighted by molar-refractivity contribution is 0.0378. The van der Waals surface area contributed by atoms with E-state index in [0.29, 0.717) is 28.8 Å². The molecule has 0 radical (unpaired) electrons. The van der Waals surface area contributed by atoms with Gasteiger partial charge < -0.3 is 9.64 Å². The van der Waals surface area contributed by atoms with Crippen molar-refractivity contribution < 1.29 is 9.53 Å². The molecule has 1 aromatic rings. The van der Waals surface area contributed by atoms with Crippen molar-refractivity contribution in [3.05, 3.63) is 33.8 Å². The highest BCUT2D eigenvalue weighted by molar-refractivity contribution is 6.36. The fourth-order valence-electron chi connectivity index (χ4n) is 1.68. The molecule has 0 saturated carbocycles. The zero-order valence-electron chi connectivity index (χ0n) is 8.74. The molecule has 2 rings (SSSR count). The molecule has 0 spiro atoms. The molecule has 5 heteroatoms. The summed E-state index contributed by atoms with van der Waals surface area (Å²) in [7, 11) is 0. The van der Waals surface area contributed by atoms with Crippen LogP contribution in [0.15, 0.2) is 18.2 Å². The summed E-state index contributed by atoms with van der Waals surface area (Å²) in [5, 5.41) is 0.892. The van der Waals surface area contributed by atoms with Crippen LogP contribution in [0.2, 0.25) is 10.0 Å². The summed E-state index contributed by atoms with van der Waals surface area (Å²) in [6.45, 7) is 3.01. The van der Waals surface area contributed by atoms with Crippen LogP contribution in [-0.4, -0.2) is 30.2 Å². The summed E-state index contributed by atoms with van der Waals surface area (Å²) in [5.41, 5.74) is 0.461. The van der Waals surface area contributed by atoms with Crippen LogP contribution in [0, 0.1) is 0 Å². The molecule has 1 aliphatic heterocycles. The minimum Gasteiger partial charge on any atom is -0.357 e. The van der Waals surface area contributed by atoms with Crippen molar-refractivity contribution in [1.82, 2.24) is 4.90 Å². The van der Waals surface area contributed by atoms with Crippen LogP contribution >= 0.6 is 23.2 Å². The fraction of sp³-hybridized carbons (Fsp3) is 0.364. The Balaban J connectivity index is 2.27. The molecule has 3 nitrogen and oxygen atoms in total. The molecule has 1 saturated heterocycles. The number of amides is 1. The van der Waals surface area contributed by atoms with E-state index < -0.39 is 0 Å². The quantitative estimate of drug-likeness (QED) is 0.777. The molecular formula is C11H11Cl2NO2. The van der Waals surface area contributed by atoms with Crippen molar-refractivity contribution in [2.75, 3.05) is 13.2 Å². The van der Waals surface area contributed by atoms with Crippen molar-refractivity contribution in [2.24, 2.45) is 0 Å². The summed E-state index contributed by atoms with van der Waals surface area (Å²) in [6.07, 6.45) is -0.195. The maximum Gasteiger partial charge on any atom is 0.257 e. The van der Waals surface area contributed by atoms with E-state index >= 15 is 0 Å². The summed E-state index contributed by atoms with van der Waals surface area (Å²) >= 11 is 11.8. The molecule has 16 heavy (non-hydrogen) atoms. The third-order valence-corrected chi connectivity index (χ3v) is 3.10. The van der Waals surface area contributed by atoms with Gasteiger partial charge >= 0.3 is 0 Å². The molecule has 0 aliphatic carbocycles. The number of ether oxygens (including phenoxy) is 1. The van der Waals surface area contributed by atoms with Gasteiger partial charge in [0.2, 0.25) is 0 Å². The van der Waals surface area contributed by atoms with Gasteiger partial charge in [-0.1, -0.05) is 23.2 Å². The van der Waals surface area contributed by atoms with Crippen LogP contribution in [0.5, 0.6) is 0 Å². The minimum absolute atomic E-state index is 0.119. The van der Waals surface area contributed by atoms with Crippen molar-refractivity contribution >= 4 is 29.1 Å². The molecule has 0 N–H and O–H groups in total. The van der Waals surface area contributed by atoms with E-state index in [1.165, 1.54) is 0 Å². The van der Waals surface area contributed by atoms with Gasteiger partial charge in [-0.05, 0) is 25.1 Å². The second kappa shape index (κ2) is 4.62. The van der Waals surface area contributed by atoms with E-state index in [4.69, 9.17) is 27.9 Å². The van der Waals surface area contributed by atoms with E-state index in [2.05, 4.69) is 0 Å². The van der Waals surface area contributed by atoms with Crippen LogP contribution in [0.4, 0.5) is 0 Å². The van der Waals surface area contributed by atoms with Gasteiger partial charge in [-0.3, -0.25) is 4.79 Å². The molecule has 1 atom stereocenters. The number of carbonyl (C=O) groups is 1. The van der Waals surface area contributed by atoms with E-state index in [-0.39, 0.29) is 12.1 Å². The van der Waals surface area contributed by atoms with E-state index in [0.717, 1.165) is 0 Å². The molecule has 0 aromatic heterocycles. The Morgan fingerprint density at radius 2 is 2.25 bits per heavy atom. The summed E-state index contributed by atoms with van der Waals surface area (Å²) < 4.78 is 5.31. The molecular weight excluding hydrogens is 249 g/mol. The van der Waals surface area contributed by atoms with Gasteiger partial charge in [-0.15, -0.1) is 0 Å². The van der Waals surface area contributed by atoms with E-state index in [1.807, 2.05) is 6.92 Å². The zero-order valence-corrected chi connectivity index (χ0v) is 10.3. The van der Waals surface area contributed by atoms with Gasteiger partial charge in [0.15, 0.2) is 0 Å². The number of halogens is 2. The van der Waals surface area contributed by atoms with Crippen molar-refractivity contribution in [2.45, 2.75) is 13.2 Å². The normalized spacial score (nSPS) is 20.2. The fourth-order valence-corrected chi connectivity index (χ4v) is 2.17. The van der Waals surface area contributed by atoms with Crippen LogP contribution in [0.1, 0.15) is 17.3 Å². The average molecular weight is 260 g/mol. The van der Waals surface area contributed by atoms with Crippen LogP contribution in [0.3, 0.4) is 0 Å². The van der Waals surface area contributed by atoms with Crippen molar-refractivity contribution in [3.63, 3.8) is 0 Å². The first-order chi connectivity index (χ1) is 7.59. The lowest BCUT2D eigenvalue weighted by atomic mass is 10.2. The second-order valence-electron chi connectivity index (χ2n) is 3.59. The molecule has 1 fully saturated rings. The van der Waals surface area contributed by atoms with Crippen molar-refractivity contribution in [3.8, 4) is 0 Å². The van der Waals surface area contributed by atoms with Gasteiger partial charge in [0, 0.05) is 11.6 Å². The van der Waals surface area contributed by atoms with Gasteiger partial charge in [0.05, 0.1) is 17.2 Å². The number of rotatable bonds is 1. The van der Waals surface area contributed by atoms with E-state index in [9.17, 15) is 4.79 Å². The molecule has 0 bridgehead atoms. The zero-order chi connectivity index (χ0) is 11.7. The molecule has 1 unspecified atom stereocenters. The van der Waals surface area contributed by atoms with Gasteiger partial charge in [0.25, 0.3) is 5.91 Å². The lowest BCUT2D eigenvalue weighted by Crippen LogP contribution is -2.34. The summed E-state index contributed by atoms with van der Waals surface area (Å²) in [5.74, 6) is -0.119. The minimum atomic E-state index is -0.195. The number of carbonyl (C=O) groups excluding carboxylic acids is 1. The summed E-state index contributed by atoms with van der Waals surface area (Å²) in [4.78, 5) is 13.8. The predicted octanol–water partition coefficient (Wildman–Crippen LogP) is 2.81. The number of benzene rings is 1. The number of nitrogens with zero attached hydrogens (tertiary/aromatic N) is 1. The average Bonchev–Trinajstić information content (AvgIpc) is 2.63. The topological polar surface area (TPSA) is 29.5 Å². The highest BCUT2D eigenvalue weighted by Gasteiger charge is 2.27. The highest BCUT2D eigenvalue weighted by Crippen LogP contribution is 2.24. The van der Waals surface area contributed by atoms with Crippen LogP contribution in [-0.2, 0) is 4.74 Å². The smallest absolute Gasteiger partial charge is 0.257 e. The standard InChI is InChI=1S/C11H11Cl2NO2/c1-7-14(4-5-16-7)11(15)9-3-2-8(12)6-10(9)13/h2-3,6-7H,4-5H2,1H3. The van der Waals surface area contributed by atoms with E-state index in [1.54, 1.807) is 23.1 Å². The van der Waals surface area contributed by atoms with Gasteiger partial charge in [-0.2, -0.15) is 0 Å². The predicted molar refractivity (Wildman–Crippen MR) is 62.9 cm³/mol. The largest absolute Gasteiger partial charge is 0.357 e. The number of hydrogen-bond donors (Lipinski definition) is 0. The van der Waals surface area contributed by atoms with Crippen LogP contribution < -0.4 is 0 Å². The molecule has 1 heterocycles. The van der Waals surface area contributed by atoms with Gasteiger partial charge in [0.1, 0.15) is 6.23 Å². The highest BCUT2D eigenvalue weighted by atomic mass is 35.5. The maximum absolute atomic E-state index is 12.1. The maximum atomic E-state index is 12.1. The lowest BCUT2D eigenvalue weighted by Gasteiger charge is -2.20. The van der Waals surface area contributed by atoms with Crippen LogP contribution in [0.25, 0.3) is 0 Å². The third-order valence-electron chi connectivity index (χ3n) is 2.55. The molecule has 1 aromatic carbocycles. The molecule has 86 valence electrons. The Bertz CT molecular complexity index is 422. The first kappa shape index (κ1) is 11.7. The van der Waals surface area contributed by atoms with Gasteiger partial charge in [-0.25, -0.2) is 0 Å². The Kier molecular flexibility index (Phi) is 3.38. The van der Waals surface area contributed by atoms with Crippen molar-refractivity contribution in [1.29, 1.82) is 0 Å². The SMILES string of the molecule is CC1OCCN1C(=O)c1ccc(Cl)cc1Cl. The summed E-state index contributed by atoms with van der Waals surface area (Å²) in [6, 6.07) is 4.86. The Morgan fingerprint density at radius 1 is 1.50 bits per heavy atom. The molecule has 1 aliphatic rings. The Labute approximate surface area is 104 Å². The first-order valence-electron chi connectivity index (χ1n) is 4.97. The third kappa shape index (κ3) is 2.17. The Morgan fingerprint density at radius 3 is 2.81 bits per heavy atom.